The Morgan fingerprint density at radius 3 is 2.67 bits per heavy atom. The molecule has 3 amide bonds. The molecule has 45 heavy (non-hydrogen) atoms. The Labute approximate surface area is 260 Å². The summed E-state index contributed by atoms with van der Waals surface area (Å²) in [6, 6.07) is 9.84. The highest BCUT2D eigenvalue weighted by Crippen LogP contribution is 2.40. The van der Waals surface area contributed by atoms with Crippen molar-refractivity contribution >= 4 is 51.7 Å². The third kappa shape index (κ3) is 5.93. The molecule has 232 valence electrons. The molecular weight excluding hydrogens is 611 g/mol. The number of anilines is 2. The number of benzene rings is 2. The number of pyridine rings is 1. The second-order valence-electron chi connectivity index (χ2n) is 10.7. The molecule has 0 radical (unpaired) electrons. The largest absolute Gasteiger partial charge is 0.351 e. The van der Waals surface area contributed by atoms with Crippen LogP contribution in [-0.2, 0) is 14.4 Å². The van der Waals surface area contributed by atoms with Gasteiger partial charge in [-0.2, -0.15) is 10.4 Å². The third-order valence-corrected chi connectivity index (χ3v) is 8.11. The molecule has 2 aromatic heterocycles. The average molecular weight is 638 g/mol. The van der Waals surface area contributed by atoms with Crippen LogP contribution >= 0.6 is 11.6 Å². The van der Waals surface area contributed by atoms with Crippen molar-refractivity contribution in [2.75, 3.05) is 9.80 Å². The number of amides is 3. The molecule has 2 N–H and O–H groups in total. The molecule has 2 atom stereocenters. The first-order chi connectivity index (χ1) is 21.1. The zero-order valence-electron chi connectivity index (χ0n) is 22.8. The number of aromatic amines is 1. The molecular formula is C31H27ClF3N7O3. The van der Waals surface area contributed by atoms with Crippen molar-refractivity contribution in [2.24, 2.45) is 0 Å². The van der Waals surface area contributed by atoms with Crippen molar-refractivity contribution in [1.82, 2.24) is 20.5 Å². The van der Waals surface area contributed by atoms with Crippen molar-refractivity contribution in [3.05, 3.63) is 82.9 Å². The highest BCUT2D eigenvalue weighted by Gasteiger charge is 2.48. The lowest BCUT2D eigenvalue weighted by atomic mass is 9.87. The van der Waals surface area contributed by atoms with E-state index in [0.717, 1.165) is 15.9 Å². The SMILES string of the molecule is C.N#Cc1ccnc(N2C(=O)CC[C@H]2C(=O)N(c2cc(F)c3[nH]ncc3c2)[C@H](C(=O)NC2CC(F)(F)C2)c2ccccc2Cl)c1. The van der Waals surface area contributed by atoms with Gasteiger partial charge in [0.2, 0.25) is 11.8 Å². The lowest BCUT2D eigenvalue weighted by molar-refractivity contribution is -0.133. The molecule has 10 nitrogen and oxygen atoms in total. The molecule has 3 heterocycles. The number of H-pyrrole nitrogens is 1. The van der Waals surface area contributed by atoms with Gasteiger partial charge < -0.3 is 5.32 Å². The Balaban J connectivity index is 0.00000400. The first-order valence-electron chi connectivity index (χ1n) is 13.6. The Morgan fingerprint density at radius 1 is 1.20 bits per heavy atom. The molecule has 1 saturated heterocycles. The maximum absolute atomic E-state index is 15.3. The monoisotopic (exact) mass is 637 g/mol. The minimum absolute atomic E-state index is 0. The number of carbonyl (C=O) groups is 3. The molecule has 6 rings (SSSR count). The van der Waals surface area contributed by atoms with Crippen molar-refractivity contribution in [3.8, 4) is 6.07 Å². The molecule has 2 aliphatic rings. The van der Waals surface area contributed by atoms with Crippen LogP contribution in [0.3, 0.4) is 0 Å². The van der Waals surface area contributed by atoms with E-state index in [0.29, 0.717) is 0 Å². The van der Waals surface area contributed by atoms with Gasteiger partial charge in [0.25, 0.3) is 11.8 Å². The highest BCUT2D eigenvalue weighted by molar-refractivity contribution is 6.31. The zero-order chi connectivity index (χ0) is 31.2. The van der Waals surface area contributed by atoms with Crippen LogP contribution in [-0.4, -0.2) is 50.9 Å². The summed E-state index contributed by atoms with van der Waals surface area (Å²) in [6.45, 7) is 0. The van der Waals surface area contributed by atoms with Crippen LogP contribution < -0.4 is 15.1 Å². The van der Waals surface area contributed by atoms with Gasteiger partial charge in [-0.3, -0.25) is 29.3 Å². The summed E-state index contributed by atoms with van der Waals surface area (Å²) in [5, 5.41) is 18.8. The van der Waals surface area contributed by atoms with Crippen LogP contribution in [0.1, 0.15) is 50.3 Å². The standard InChI is InChI=1S/C30H23ClF3N7O3.CH4/c31-21-4-2-1-3-20(21)27(28(43)38-18-12-30(33,34)13-18)40(19-10-17-15-37-39-26(17)22(32)11-19)29(44)23-5-6-25(42)41(23)24-9-16(14-35)7-8-36-24;/h1-4,7-11,15,18,23,27H,5-6,12-13H2,(H,37,39)(H,38,43);1H4/t23-,27-;/m0./s1. The van der Waals surface area contributed by atoms with Gasteiger partial charge in [-0.15, -0.1) is 0 Å². The predicted molar refractivity (Wildman–Crippen MR) is 160 cm³/mol. The normalized spacial score (nSPS) is 18.1. The van der Waals surface area contributed by atoms with E-state index in [-0.39, 0.29) is 58.8 Å². The number of halogens is 4. The lowest BCUT2D eigenvalue weighted by Crippen LogP contribution is -2.56. The molecule has 1 aliphatic heterocycles. The van der Waals surface area contributed by atoms with E-state index in [4.69, 9.17) is 11.6 Å². The van der Waals surface area contributed by atoms with E-state index >= 15 is 4.39 Å². The Hall–Kier alpha value is -4.96. The number of carbonyl (C=O) groups excluding carboxylic acids is 3. The predicted octanol–water partition coefficient (Wildman–Crippen LogP) is 5.44. The maximum Gasteiger partial charge on any atom is 0.252 e. The summed E-state index contributed by atoms with van der Waals surface area (Å²) in [5.74, 6) is -5.69. The van der Waals surface area contributed by atoms with E-state index in [1.807, 2.05) is 6.07 Å². The van der Waals surface area contributed by atoms with E-state index in [1.165, 1.54) is 42.7 Å². The number of fused-ring (bicyclic) bond motifs is 1. The summed E-state index contributed by atoms with van der Waals surface area (Å²) in [7, 11) is 0. The average Bonchev–Trinajstić information content (AvgIpc) is 3.62. The number of nitrogens with zero attached hydrogens (tertiary/aromatic N) is 5. The maximum atomic E-state index is 15.3. The Morgan fingerprint density at radius 2 is 1.96 bits per heavy atom. The lowest BCUT2D eigenvalue weighted by Gasteiger charge is -2.39. The molecule has 2 aromatic carbocycles. The van der Waals surface area contributed by atoms with E-state index < -0.39 is 60.4 Å². The van der Waals surface area contributed by atoms with Gasteiger partial charge in [-0.25, -0.2) is 18.2 Å². The van der Waals surface area contributed by atoms with Gasteiger partial charge in [-0.1, -0.05) is 37.2 Å². The van der Waals surface area contributed by atoms with Crippen LogP contribution in [0.4, 0.5) is 24.7 Å². The minimum Gasteiger partial charge on any atom is -0.351 e. The van der Waals surface area contributed by atoms with Gasteiger partial charge in [0.15, 0.2) is 5.82 Å². The number of rotatable bonds is 7. The molecule has 0 spiro atoms. The minimum atomic E-state index is -2.93. The van der Waals surface area contributed by atoms with Crippen LogP contribution in [0.15, 0.2) is 60.9 Å². The summed E-state index contributed by atoms with van der Waals surface area (Å²) >= 11 is 6.55. The molecule has 4 aromatic rings. The van der Waals surface area contributed by atoms with Crippen molar-refractivity contribution in [2.45, 2.75) is 57.2 Å². The van der Waals surface area contributed by atoms with Crippen LogP contribution in [0.2, 0.25) is 5.02 Å². The Kier molecular flexibility index (Phi) is 8.53. The zero-order valence-corrected chi connectivity index (χ0v) is 23.6. The van der Waals surface area contributed by atoms with Crippen molar-refractivity contribution < 1.29 is 27.6 Å². The first-order valence-corrected chi connectivity index (χ1v) is 14.0. The fourth-order valence-corrected chi connectivity index (χ4v) is 5.90. The molecule has 0 unspecified atom stereocenters. The number of aromatic nitrogens is 3. The molecule has 14 heteroatoms. The Bertz CT molecular complexity index is 1830. The molecule has 2 fully saturated rings. The number of nitriles is 1. The fourth-order valence-electron chi connectivity index (χ4n) is 5.66. The summed E-state index contributed by atoms with van der Waals surface area (Å²) in [5.41, 5.74) is 0.361. The summed E-state index contributed by atoms with van der Waals surface area (Å²) in [4.78, 5) is 48.2. The molecule has 0 bridgehead atoms. The van der Waals surface area contributed by atoms with Gasteiger partial charge in [0.05, 0.1) is 17.8 Å². The van der Waals surface area contributed by atoms with Crippen molar-refractivity contribution in [1.29, 1.82) is 5.26 Å². The van der Waals surface area contributed by atoms with Crippen LogP contribution in [0.5, 0.6) is 0 Å². The number of nitrogens with one attached hydrogen (secondary N) is 2. The van der Waals surface area contributed by atoms with Crippen molar-refractivity contribution in [3.63, 3.8) is 0 Å². The van der Waals surface area contributed by atoms with Gasteiger partial charge in [-0.05, 0) is 36.8 Å². The van der Waals surface area contributed by atoms with Crippen LogP contribution in [0.25, 0.3) is 10.9 Å². The summed E-state index contributed by atoms with van der Waals surface area (Å²) < 4.78 is 42.7. The second kappa shape index (κ2) is 12.2. The number of hydrogen-bond donors (Lipinski definition) is 2. The fraction of sp³-hybridized carbons (Fsp3) is 0.290. The highest BCUT2D eigenvalue weighted by atomic mass is 35.5. The topological polar surface area (TPSA) is 135 Å². The number of hydrogen-bond acceptors (Lipinski definition) is 6. The quantitative estimate of drug-likeness (QED) is 0.277. The number of alkyl halides is 2. The van der Waals surface area contributed by atoms with Gasteiger partial charge in [0.1, 0.15) is 23.4 Å². The van der Waals surface area contributed by atoms with Crippen LogP contribution in [0, 0.1) is 17.1 Å². The second-order valence-corrected chi connectivity index (χ2v) is 11.1. The van der Waals surface area contributed by atoms with Gasteiger partial charge >= 0.3 is 0 Å². The first kappa shape index (κ1) is 31.5. The van der Waals surface area contributed by atoms with Gasteiger partial charge in [0, 0.05) is 53.2 Å². The summed E-state index contributed by atoms with van der Waals surface area (Å²) in [6.07, 6.45) is 1.49. The van der Waals surface area contributed by atoms with E-state index in [9.17, 15) is 28.4 Å². The molecule has 1 aliphatic carbocycles. The third-order valence-electron chi connectivity index (χ3n) is 7.76. The van der Waals surface area contributed by atoms with E-state index in [2.05, 4.69) is 20.5 Å². The molecule has 1 saturated carbocycles. The van der Waals surface area contributed by atoms with E-state index in [1.54, 1.807) is 12.1 Å². The smallest absolute Gasteiger partial charge is 0.252 e.